The Hall–Kier alpha value is -5.07. The number of pyridine rings is 1. The van der Waals surface area contributed by atoms with Gasteiger partial charge >= 0.3 is 11.4 Å². The maximum absolute atomic E-state index is 12.0. The lowest BCUT2D eigenvalue weighted by Gasteiger charge is -1.97. The lowest BCUT2D eigenvalue weighted by atomic mass is 10.1. The molecule has 1 aliphatic rings. The number of Topliss-reactive ketones (excluding diaryl/α,β-unsaturated/α-hetero) is 1. The Morgan fingerprint density at radius 2 is 1.41 bits per heavy atom. The van der Waals surface area contributed by atoms with E-state index in [-0.39, 0.29) is 5.78 Å². The molecular weight excluding hydrogens is 426 g/mol. The number of phenolic OH excluding ortho intramolecular Hbond substituents is 1. The lowest BCUT2D eigenvalue weighted by Crippen LogP contribution is -2.12. The van der Waals surface area contributed by atoms with E-state index in [9.17, 15) is 35.1 Å². The number of aliphatic imine (C=N–C) groups is 1. The Morgan fingerprint density at radius 1 is 0.812 bits per heavy atom. The summed E-state index contributed by atoms with van der Waals surface area (Å²) < 4.78 is 0. The summed E-state index contributed by atoms with van der Waals surface area (Å²) in [5.41, 5.74) is -0.556. The van der Waals surface area contributed by atoms with E-state index < -0.39 is 37.6 Å². The molecule has 2 aromatic carbocycles. The van der Waals surface area contributed by atoms with Crippen LogP contribution in [0.5, 0.6) is 5.75 Å². The zero-order valence-corrected chi connectivity index (χ0v) is 15.8. The highest BCUT2D eigenvalue weighted by molar-refractivity contribution is 6.54. The van der Waals surface area contributed by atoms with Crippen molar-refractivity contribution >= 4 is 34.2 Å². The summed E-state index contributed by atoms with van der Waals surface area (Å²) in [5, 5.41) is 40.2. The first-order valence-electron chi connectivity index (χ1n) is 8.64. The number of nitrogens with zero attached hydrogens (tertiary/aromatic N) is 5. The van der Waals surface area contributed by atoms with Gasteiger partial charge in [0.15, 0.2) is 0 Å². The van der Waals surface area contributed by atoms with Crippen LogP contribution in [0.25, 0.3) is 0 Å². The molecule has 13 nitrogen and oxygen atoms in total. The third-order valence-corrected chi connectivity index (χ3v) is 4.16. The van der Waals surface area contributed by atoms with Gasteiger partial charge in [-0.2, -0.15) is 0 Å². The minimum Gasteiger partial charge on any atom is -0.497 e. The van der Waals surface area contributed by atoms with Crippen LogP contribution in [0.3, 0.4) is 0 Å². The van der Waals surface area contributed by atoms with Crippen LogP contribution in [0.4, 0.5) is 22.7 Å². The van der Waals surface area contributed by atoms with Gasteiger partial charge in [0, 0.05) is 11.8 Å². The number of rotatable bonds is 4. The van der Waals surface area contributed by atoms with Gasteiger partial charge in [-0.05, 0) is 24.3 Å². The number of para-hydroxylation sites is 1. The molecule has 0 bridgehead atoms. The quantitative estimate of drug-likeness (QED) is 0.469. The van der Waals surface area contributed by atoms with Crippen LogP contribution >= 0.6 is 0 Å². The molecule has 0 unspecified atom stereocenters. The van der Waals surface area contributed by atoms with Crippen LogP contribution in [0.1, 0.15) is 16.1 Å². The van der Waals surface area contributed by atoms with E-state index >= 15 is 0 Å². The van der Waals surface area contributed by atoms with Crippen molar-refractivity contribution in [3.05, 3.63) is 102 Å². The number of aromatic hydroxyl groups is 1. The number of hydrogen-bond acceptors (Lipinski definition) is 10. The predicted molar refractivity (Wildman–Crippen MR) is 109 cm³/mol. The number of phenols is 1. The van der Waals surface area contributed by atoms with Crippen molar-refractivity contribution in [2.75, 3.05) is 0 Å². The molecule has 13 heteroatoms. The first kappa shape index (κ1) is 21.6. The monoisotopic (exact) mass is 437 g/mol. The van der Waals surface area contributed by atoms with E-state index in [1.807, 2.05) is 30.3 Å². The van der Waals surface area contributed by atoms with E-state index in [1.165, 1.54) is 0 Å². The second-order valence-electron chi connectivity index (χ2n) is 6.13. The van der Waals surface area contributed by atoms with E-state index in [2.05, 4.69) is 9.98 Å². The first-order chi connectivity index (χ1) is 15.2. The van der Waals surface area contributed by atoms with Gasteiger partial charge in [0.05, 0.1) is 38.3 Å². The number of benzene rings is 2. The number of fused-ring (bicyclic) bond motifs is 1. The Bertz CT molecular complexity index is 1250. The molecule has 0 saturated carbocycles. The summed E-state index contributed by atoms with van der Waals surface area (Å²) in [6.45, 7) is 0. The van der Waals surface area contributed by atoms with E-state index in [1.54, 1.807) is 18.3 Å². The number of non-ortho nitro benzene ring substituents is 1. The minimum atomic E-state index is -1.21. The molecule has 0 spiro atoms. The van der Waals surface area contributed by atoms with Gasteiger partial charge < -0.3 is 5.11 Å². The molecular formula is C19H11N5O8. The fourth-order valence-electron chi connectivity index (χ4n) is 2.71. The Morgan fingerprint density at radius 3 is 1.91 bits per heavy atom. The normalized spacial score (nSPS) is 11.6. The average Bonchev–Trinajstić information content (AvgIpc) is 3.11. The maximum atomic E-state index is 12.0. The van der Waals surface area contributed by atoms with Crippen molar-refractivity contribution in [2.24, 2.45) is 4.99 Å². The minimum absolute atomic E-state index is 0.0469. The summed E-state index contributed by atoms with van der Waals surface area (Å²) in [4.78, 5) is 48.2. The van der Waals surface area contributed by atoms with Crippen LogP contribution in [-0.2, 0) is 0 Å². The number of aromatic nitrogens is 1. The number of nitro benzene ring substituents is 3. The Kier molecular flexibility index (Phi) is 5.91. The summed E-state index contributed by atoms with van der Waals surface area (Å²) >= 11 is 0. The largest absolute Gasteiger partial charge is 0.497 e. The molecule has 0 fully saturated rings. The third kappa shape index (κ3) is 4.25. The SMILES string of the molecule is O=C1C(c2ccccn2)=Nc2ccccc21.O=[N+]([O-])c1cc([N+](=O)[O-])c(O)c([N+](=O)[O-])c1. The van der Waals surface area contributed by atoms with Crippen molar-refractivity contribution < 1.29 is 24.7 Å². The highest BCUT2D eigenvalue weighted by atomic mass is 16.6. The summed E-state index contributed by atoms with van der Waals surface area (Å²) in [7, 11) is 0. The van der Waals surface area contributed by atoms with Gasteiger partial charge in [-0.15, -0.1) is 0 Å². The summed E-state index contributed by atoms with van der Waals surface area (Å²) in [6.07, 6.45) is 1.66. The molecule has 0 saturated heterocycles. The molecule has 2 heterocycles. The van der Waals surface area contributed by atoms with Gasteiger partial charge in [0.2, 0.25) is 5.78 Å². The molecule has 1 aliphatic heterocycles. The zero-order valence-electron chi connectivity index (χ0n) is 15.8. The molecule has 4 rings (SSSR count). The standard InChI is InChI=1S/C13H8N2O.C6H3N3O7/c16-13-9-5-1-2-6-10(9)15-12(13)11-7-3-4-8-14-11;10-6-4(8(13)14)1-3(7(11)12)2-5(6)9(15)16/h1-8H;1-2,10H. The summed E-state index contributed by atoms with van der Waals surface area (Å²) in [6, 6.07) is 13.7. The Balaban J connectivity index is 0.000000181. The van der Waals surface area contributed by atoms with Gasteiger partial charge in [0.1, 0.15) is 5.71 Å². The predicted octanol–water partition coefficient (Wildman–Crippen LogP) is 3.52. The lowest BCUT2D eigenvalue weighted by molar-refractivity contribution is -0.404. The second-order valence-corrected chi connectivity index (χ2v) is 6.13. The molecule has 0 aliphatic carbocycles. The van der Waals surface area contributed by atoms with Gasteiger partial charge in [-0.25, -0.2) is 4.99 Å². The van der Waals surface area contributed by atoms with Crippen LogP contribution in [0, 0.1) is 30.3 Å². The molecule has 1 aromatic heterocycles. The molecule has 3 aromatic rings. The van der Waals surface area contributed by atoms with Crippen LogP contribution in [0.2, 0.25) is 0 Å². The molecule has 0 amide bonds. The van der Waals surface area contributed by atoms with Crippen LogP contribution < -0.4 is 0 Å². The van der Waals surface area contributed by atoms with E-state index in [0.29, 0.717) is 29.1 Å². The maximum Gasteiger partial charge on any atom is 0.324 e. The topological polar surface area (TPSA) is 192 Å². The van der Waals surface area contributed by atoms with Crippen molar-refractivity contribution in [3.8, 4) is 5.75 Å². The first-order valence-corrected chi connectivity index (χ1v) is 8.64. The van der Waals surface area contributed by atoms with Crippen LogP contribution in [0.15, 0.2) is 65.8 Å². The van der Waals surface area contributed by atoms with Crippen molar-refractivity contribution in [1.82, 2.24) is 4.98 Å². The Labute approximate surface area is 177 Å². The van der Waals surface area contributed by atoms with E-state index in [4.69, 9.17) is 5.11 Å². The fraction of sp³-hybridized carbons (Fsp3) is 0. The number of nitro groups is 3. The number of carbonyl (C=O) groups excluding carboxylic acids is 1. The number of ketones is 1. The molecule has 0 radical (unpaired) electrons. The van der Waals surface area contributed by atoms with Gasteiger partial charge in [-0.3, -0.25) is 40.1 Å². The van der Waals surface area contributed by atoms with Crippen LogP contribution in [-0.4, -0.2) is 36.4 Å². The second kappa shape index (κ2) is 8.74. The van der Waals surface area contributed by atoms with Gasteiger partial charge in [0.25, 0.3) is 11.4 Å². The van der Waals surface area contributed by atoms with Gasteiger partial charge in [-0.1, -0.05) is 18.2 Å². The zero-order chi connectivity index (χ0) is 23.4. The highest BCUT2D eigenvalue weighted by Gasteiger charge is 2.30. The van der Waals surface area contributed by atoms with E-state index in [0.717, 1.165) is 5.69 Å². The molecule has 32 heavy (non-hydrogen) atoms. The third-order valence-electron chi connectivity index (χ3n) is 4.16. The molecule has 160 valence electrons. The fourth-order valence-corrected chi connectivity index (χ4v) is 2.71. The number of hydrogen-bond donors (Lipinski definition) is 1. The average molecular weight is 437 g/mol. The molecule has 1 N–H and O–H groups in total. The van der Waals surface area contributed by atoms with Crippen molar-refractivity contribution in [1.29, 1.82) is 0 Å². The van der Waals surface area contributed by atoms with Crippen molar-refractivity contribution in [3.63, 3.8) is 0 Å². The number of carbonyl (C=O) groups is 1. The highest BCUT2D eigenvalue weighted by Crippen LogP contribution is 2.39. The smallest absolute Gasteiger partial charge is 0.324 e. The summed E-state index contributed by atoms with van der Waals surface area (Å²) in [5.74, 6) is -1.25. The molecule has 0 atom stereocenters. The van der Waals surface area contributed by atoms with Crippen molar-refractivity contribution in [2.45, 2.75) is 0 Å².